The Balaban J connectivity index is 2.22. The molecule has 0 aliphatic heterocycles. The maximum Gasteiger partial charge on any atom is 0.0108 e. The molecule has 2 heteroatoms. The molecule has 1 nitrogen and oxygen atoms in total. The van der Waals surface area contributed by atoms with E-state index in [1.54, 1.807) is 4.88 Å². The second kappa shape index (κ2) is 4.50. The van der Waals surface area contributed by atoms with Gasteiger partial charge in [0, 0.05) is 21.7 Å². The molecule has 1 heterocycles. The Bertz CT molecular complexity index is 351. The lowest BCUT2D eigenvalue weighted by atomic mass is 9.53. The van der Waals surface area contributed by atoms with Crippen molar-refractivity contribution in [3.8, 4) is 0 Å². The minimum atomic E-state index is 0.385. The second-order valence-corrected chi connectivity index (χ2v) is 6.19. The Morgan fingerprint density at radius 1 is 1.31 bits per heavy atom. The zero-order chi connectivity index (χ0) is 11.8. The molecule has 1 aliphatic rings. The number of rotatable bonds is 4. The molecule has 1 aliphatic carbocycles. The summed E-state index contributed by atoms with van der Waals surface area (Å²) in [7, 11) is 0. The highest BCUT2D eigenvalue weighted by atomic mass is 32.1. The van der Waals surface area contributed by atoms with Crippen LogP contribution >= 0.6 is 11.3 Å². The van der Waals surface area contributed by atoms with Crippen LogP contribution in [0.5, 0.6) is 0 Å². The van der Waals surface area contributed by atoms with Crippen molar-refractivity contribution < 1.29 is 0 Å². The van der Waals surface area contributed by atoms with E-state index < -0.39 is 0 Å². The molecule has 1 aromatic heterocycles. The van der Waals surface area contributed by atoms with E-state index in [-0.39, 0.29) is 0 Å². The van der Waals surface area contributed by atoms with Crippen LogP contribution in [0.15, 0.2) is 12.1 Å². The van der Waals surface area contributed by atoms with E-state index in [4.69, 9.17) is 5.73 Å². The van der Waals surface area contributed by atoms with Gasteiger partial charge in [-0.1, -0.05) is 20.8 Å². The molecule has 1 saturated carbocycles. The van der Waals surface area contributed by atoms with Crippen molar-refractivity contribution in [2.24, 2.45) is 11.1 Å². The maximum absolute atomic E-state index is 6.25. The van der Waals surface area contributed by atoms with Crippen molar-refractivity contribution in [3.63, 3.8) is 0 Å². The van der Waals surface area contributed by atoms with E-state index in [0.29, 0.717) is 11.5 Å². The highest BCUT2D eigenvalue weighted by Crippen LogP contribution is 2.57. The fraction of sp³-hybridized carbons (Fsp3) is 0.714. The molecule has 16 heavy (non-hydrogen) atoms. The molecule has 0 amide bonds. The van der Waals surface area contributed by atoms with Crippen LogP contribution in [0.2, 0.25) is 0 Å². The van der Waals surface area contributed by atoms with Crippen molar-refractivity contribution in [2.45, 2.75) is 58.4 Å². The summed E-state index contributed by atoms with van der Waals surface area (Å²) < 4.78 is 0. The Morgan fingerprint density at radius 2 is 2.00 bits per heavy atom. The van der Waals surface area contributed by atoms with Gasteiger partial charge >= 0.3 is 0 Å². The molecule has 0 bridgehead atoms. The Hall–Kier alpha value is -0.340. The summed E-state index contributed by atoms with van der Waals surface area (Å²) in [5.74, 6) is 0.725. The topological polar surface area (TPSA) is 26.0 Å². The molecule has 90 valence electrons. The molecule has 2 atom stereocenters. The van der Waals surface area contributed by atoms with E-state index in [0.717, 1.165) is 12.3 Å². The quantitative estimate of drug-likeness (QED) is 0.843. The SMILES string of the molecule is CCc1ccc(C2CC(N)C2(CC)CC)s1. The van der Waals surface area contributed by atoms with E-state index >= 15 is 0 Å². The van der Waals surface area contributed by atoms with Crippen molar-refractivity contribution in [1.82, 2.24) is 0 Å². The molecule has 2 N–H and O–H groups in total. The molecule has 0 spiro atoms. The normalized spacial score (nSPS) is 27.8. The molecule has 1 aromatic rings. The summed E-state index contributed by atoms with van der Waals surface area (Å²) in [5, 5.41) is 0. The molecule has 1 fully saturated rings. The van der Waals surface area contributed by atoms with Gasteiger partial charge in [0.25, 0.3) is 0 Å². The lowest BCUT2D eigenvalue weighted by molar-refractivity contribution is 0.0458. The zero-order valence-corrected chi connectivity index (χ0v) is 11.4. The standard InChI is InChI=1S/C14H23NS/c1-4-10-7-8-12(16-10)11-9-13(15)14(11,5-2)6-3/h7-8,11,13H,4-6,9,15H2,1-3H3. The first-order valence-corrected chi connectivity index (χ1v) is 7.33. The van der Waals surface area contributed by atoms with Gasteiger partial charge in [-0.05, 0) is 43.2 Å². The van der Waals surface area contributed by atoms with Gasteiger partial charge in [-0.25, -0.2) is 0 Å². The van der Waals surface area contributed by atoms with E-state index in [9.17, 15) is 0 Å². The third kappa shape index (κ3) is 1.63. The summed E-state index contributed by atoms with van der Waals surface area (Å²) >= 11 is 2.00. The van der Waals surface area contributed by atoms with E-state index in [1.165, 1.54) is 24.1 Å². The number of nitrogens with two attached hydrogens (primary N) is 1. The molecule has 0 radical (unpaired) electrons. The van der Waals surface area contributed by atoms with Crippen LogP contribution in [0.3, 0.4) is 0 Å². The van der Waals surface area contributed by atoms with E-state index in [1.807, 2.05) is 11.3 Å². The average molecular weight is 237 g/mol. The van der Waals surface area contributed by atoms with Gasteiger partial charge in [0.05, 0.1) is 0 Å². The van der Waals surface area contributed by atoms with Crippen LogP contribution in [-0.4, -0.2) is 6.04 Å². The van der Waals surface area contributed by atoms with Crippen LogP contribution < -0.4 is 5.73 Å². The monoisotopic (exact) mass is 237 g/mol. The first kappa shape index (κ1) is 12.1. The number of thiophene rings is 1. The lowest BCUT2D eigenvalue weighted by Gasteiger charge is -2.54. The number of hydrogen-bond donors (Lipinski definition) is 1. The average Bonchev–Trinajstić information content (AvgIpc) is 2.75. The van der Waals surface area contributed by atoms with Crippen LogP contribution in [-0.2, 0) is 6.42 Å². The van der Waals surface area contributed by atoms with E-state index in [2.05, 4.69) is 32.9 Å². The van der Waals surface area contributed by atoms with Crippen molar-refractivity contribution >= 4 is 11.3 Å². The minimum Gasteiger partial charge on any atom is -0.327 e. The van der Waals surface area contributed by atoms with Gasteiger partial charge in [-0.15, -0.1) is 11.3 Å². The van der Waals surface area contributed by atoms with Gasteiger partial charge in [-0.3, -0.25) is 0 Å². The van der Waals surface area contributed by atoms with Crippen LogP contribution in [0, 0.1) is 5.41 Å². The Morgan fingerprint density at radius 3 is 2.44 bits per heavy atom. The Kier molecular flexibility index (Phi) is 3.41. The first-order chi connectivity index (χ1) is 7.67. The summed E-state index contributed by atoms with van der Waals surface area (Å²) in [5.41, 5.74) is 6.64. The summed E-state index contributed by atoms with van der Waals surface area (Å²) in [4.78, 5) is 3.08. The zero-order valence-electron chi connectivity index (χ0n) is 10.6. The maximum atomic E-state index is 6.25. The smallest absolute Gasteiger partial charge is 0.0108 e. The van der Waals surface area contributed by atoms with Gasteiger partial charge < -0.3 is 5.73 Å². The van der Waals surface area contributed by atoms with Gasteiger partial charge in [0.2, 0.25) is 0 Å². The fourth-order valence-electron chi connectivity index (χ4n) is 3.26. The van der Waals surface area contributed by atoms with Crippen LogP contribution in [0.1, 0.15) is 55.7 Å². The molecular formula is C14H23NS. The largest absolute Gasteiger partial charge is 0.327 e. The Labute approximate surface area is 103 Å². The van der Waals surface area contributed by atoms with Gasteiger partial charge in [0.1, 0.15) is 0 Å². The summed E-state index contributed by atoms with van der Waals surface area (Å²) in [6.07, 6.45) is 4.78. The van der Waals surface area contributed by atoms with Gasteiger partial charge in [0.15, 0.2) is 0 Å². The van der Waals surface area contributed by atoms with Gasteiger partial charge in [-0.2, -0.15) is 0 Å². The number of hydrogen-bond acceptors (Lipinski definition) is 2. The lowest BCUT2D eigenvalue weighted by Crippen LogP contribution is -2.55. The third-order valence-corrected chi connectivity index (χ3v) is 5.96. The second-order valence-electron chi connectivity index (χ2n) is 4.99. The highest BCUT2D eigenvalue weighted by molar-refractivity contribution is 7.12. The molecule has 0 aromatic carbocycles. The number of aryl methyl sites for hydroxylation is 1. The predicted octanol–water partition coefficient (Wildman–Crippen LogP) is 3.93. The summed E-state index contributed by atoms with van der Waals surface area (Å²) in [6.45, 7) is 6.82. The third-order valence-electron chi connectivity index (χ3n) is 4.61. The highest BCUT2D eigenvalue weighted by Gasteiger charge is 2.51. The van der Waals surface area contributed by atoms with Crippen molar-refractivity contribution in [3.05, 3.63) is 21.9 Å². The molecular weight excluding hydrogens is 214 g/mol. The molecule has 2 rings (SSSR count). The van der Waals surface area contributed by atoms with Crippen molar-refractivity contribution in [1.29, 1.82) is 0 Å². The van der Waals surface area contributed by atoms with Crippen LogP contribution in [0.25, 0.3) is 0 Å². The molecule has 0 saturated heterocycles. The predicted molar refractivity (Wildman–Crippen MR) is 72.0 cm³/mol. The first-order valence-electron chi connectivity index (χ1n) is 6.52. The fourth-order valence-corrected chi connectivity index (χ4v) is 4.45. The minimum absolute atomic E-state index is 0.385. The van der Waals surface area contributed by atoms with Crippen molar-refractivity contribution in [2.75, 3.05) is 0 Å². The van der Waals surface area contributed by atoms with Crippen LogP contribution in [0.4, 0.5) is 0 Å². The molecule has 2 unspecified atom stereocenters. The summed E-state index contributed by atoms with van der Waals surface area (Å²) in [6, 6.07) is 5.04.